The van der Waals surface area contributed by atoms with Crippen LogP contribution in [-0.2, 0) is 20.1 Å². The predicted molar refractivity (Wildman–Crippen MR) is 114 cm³/mol. The second-order valence-corrected chi connectivity index (χ2v) is 8.32. The van der Waals surface area contributed by atoms with Crippen molar-refractivity contribution in [2.24, 2.45) is 7.05 Å². The molecule has 0 unspecified atom stereocenters. The third-order valence-electron chi connectivity index (χ3n) is 5.28. The Hall–Kier alpha value is -1.27. The first-order chi connectivity index (χ1) is 12.8. The summed E-state index contributed by atoms with van der Waals surface area (Å²) in [5.74, 6) is 0. The minimum atomic E-state index is 0.751. The molecule has 0 spiro atoms. The van der Waals surface area contributed by atoms with E-state index >= 15 is 0 Å². The molecule has 0 amide bonds. The van der Waals surface area contributed by atoms with Crippen LogP contribution in [-0.4, -0.2) is 59.9 Å². The van der Waals surface area contributed by atoms with Gasteiger partial charge in [0.05, 0.1) is 5.69 Å². The molecule has 0 N–H and O–H groups in total. The Bertz CT molecular complexity index is 787. The zero-order valence-corrected chi connectivity index (χ0v) is 18.2. The van der Waals surface area contributed by atoms with Gasteiger partial charge in [-0.2, -0.15) is 5.10 Å². The smallest absolute Gasteiger partial charge is 0.131 e. The third kappa shape index (κ3) is 4.96. The first kappa shape index (κ1) is 20.5. The van der Waals surface area contributed by atoms with E-state index < -0.39 is 0 Å². The summed E-state index contributed by atoms with van der Waals surface area (Å²) in [6, 6.07) is 6.34. The molecule has 0 radical (unpaired) electrons. The van der Waals surface area contributed by atoms with E-state index in [9.17, 15) is 0 Å². The monoisotopic (exact) mass is 409 g/mol. The maximum Gasteiger partial charge on any atom is 0.131 e. The Labute approximate surface area is 172 Å². The second kappa shape index (κ2) is 8.82. The van der Waals surface area contributed by atoms with E-state index in [0.29, 0.717) is 0 Å². The fourth-order valence-corrected chi connectivity index (χ4v) is 4.07. The summed E-state index contributed by atoms with van der Waals surface area (Å²) in [6.45, 7) is 8.01. The van der Waals surface area contributed by atoms with Gasteiger partial charge >= 0.3 is 0 Å². The largest absolute Gasteiger partial charge is 0.378 e. The van der Waals surface area contributed by atoms with Crippen molar-refractivity contribution in [3.05, 3.63) is 45.2 Å². The number of hydrogen-bond donors (Lipinski definition) is 0. The van der Waals surface area contributed by atoms with E-state index in [1.165, 1.54) is 5.56 Å². The Morgan fingerprint density at radius 2 is 1.70 bits per heavy atom. The van der Waals surface area contributed by atoms with E-state index in [-0.39, 0.29) is 0 Å². The molecule has 1 aromatic carbocycles. The molecule has 1 fully saturated rings. The van der Waals surface area contributed by atoms with Gasteiger partial charge < -0.3 is 4.90 Å². The summed E-state index contributed by atoms with van der Waals surface area (Å²) < 4.78 is 1.76. The molecule has 1 saturated heterocycles. The molecular formula is C20H29Cl2N5. The van der Waals surface area contributed by atoms with E-state index in [2.05, 4.69) is 31.9 Å². The highest BCUT2D eigenvalue weighted by Crippen LogP contribution is 2.25. The van der Waals surface area contributed by atoms with Gasteiger partial charge in [-0.25, -0.2) is 0 Å². The number of halogens is 2. The van der Waals surface area contributed by atoms with Crippen LogP contribution in [0.2, 0.25) is 10.2 Å². The van der Waals surface area contributed by atoms with Crippen LogP contribution in [0.25, 0.3) is 0 Å². The van der Waals surface area contributed by atoms with Crippen molar-refractivity contribution in [2.45, 2.75) is 26.4 Å². The number of hydrogen-bond acceptors (Lipinski definition) is 4. The quantitative estimate of drug-likeness (QED) is 0.749. The van der Waals surface area contributed by atoms with E-state index in [4.69, 9.17) is 23.2 Å². The maximum atomic E-state index is 6.52. The molecular weight excluding hydrogens is 381 g/mol. The molecule has 27 heavy (non-hydrogen) atoms. The van der Waals surface area contributed by atoms with Gasteiger partial charge in [0.2, 0.25) is 0 Å². The van der Waals surface area contributed by atoms with Gasteiger partial charge in [0.15, 0.2) is 0 Å². The fourth-order valence-electron chi connectivity index (χ4n) is 3.60. The molecule has 0 atom stereocenters. The zero-order chi connectivity index (χ0) is 19.6. The standard InChI is InChI=1S/C20H29Cl2N5/c1-15-18(20(22)25(4)23-15)14-27-9-5-8-26(10-11-27)13-16-6-7-17(24(2)3)12-19(16)21/h6-7,12H,5,8-11,13-14H2,1-4H3. The van der Waals surface area contributed by atoms with Gasteiger partial charge in [-0.15, -0.1) is 0 Å². The van der Waals surface area contributed by atoms with Crippen LogP contribution in [0.3, 0.4) is 0 Å². The number of aromatic nitrogens is 2. The average molecular weight is 410 g/mol. The summed E-state index contributed by atoms with van der Waals surface area (Å²) in [6.07, 6.45) is 1.14. The highest BCUT2D eigenvalue weighted by molar-refractivity contribution is 6.31. The molecule has 0 saturated carbocycles. The van der Waals surface area contributed by atoms with Gasteiger partial charge in [-0.05, 0) is 44.1 Å². The van der Waals surface area contributed by atoms with Crippen molar-refractivity contribution < 1.29 is 0 Å². The van der Waals surface area contributed by atoms with Crippen molar-refractivity contribution in [1.82, 2.24) is 19.6 Å². The van der Waals surface area contributed by atoms with Crippen LogP contribution < -0.4 is 4.90 Å². The highest BCUT2D eigenvalue weighted by atomic mass is 35.5. The number of anilines is 1. The van der Waals surface area contributed by atoms with Crippen molar-refractivity contribution in [3.8, 4) is 0 Å². The first-order valence-corrected chi connectivity index (χ1v) is 10.2. The molecule has 2 aromatic rings. The van der Waals surface area contributed by atoms with Crippen molar-refractivity contribution in [3.63, 3.8) is 0 Å². The lowest BCUT2D eigenvalue weighted by molar-refractivity contribution is 0.247. The molecule has 0 aliphatic carbocycles. The zero-order valence-electron chi connectivity index (χ0n) is 16.7. The Morgan fingerprint density at radius 1 is 1.04 bits per heavy atom. The summed E-state index contributed by atoms with van der Waals surface area (Å²) >= 11 is 12.9. The molecule has 2 heterocycles. The van der Waals surface area contributed by atoms with Crippen LogP contribution in [0.4, 0.5) is 5.69 Å². The topological polar surface area (TPSA) is 27.5 Å². The van der Waals surface area contributed by atoms with Gasteiger partial charge in [0.25, 0.3) is 0 Å². The van der Waals surface area contributed by atoms with Crippen LogP contribution in [0, 0.1) is 6.92 Å². The predicted octanol–water partition coefficient (Wildman–Crippen LogP) is 3.81. The highest BCUT2D eigenvalue weighted by Gasteiger charge is 2.19. The summed E-state index contributed by atoms with van der Waals surface area (Å²) in [5, 5.41) is 6.03. The molecule has 1 aliphatic heterocycles. The normalized spacial score (nSPS) is 16.5. The summed E-state index contributed by atoms with van der Waals surface area (Å²) in [4.78, 5) is 7.05. The maximum absolute atomic E-state index is 6.52. The van der Waals surface area contributed by atoms with Crippen LogP contribution in [0.15, 0.2) is 18.2 Å². The number of rotatable bonds is 5. The SMILES string of the molecule is Cc1nn(C)c(Cl)c1CN1CCCN(Cc2ccc(N(C)C)cc2Cl)CC1. The Kier molecular flexibility index (Phi) is 6.69. The van der Waals surface area contributed by atoms with E-state index in [1.807, 2.05) is 34.1 Å². The van der Waals surface area contributed by atoms with Crippen molar-refractivity contribution in [1.29, 1.82) is 0 Å². The lowest BCUT2D eigenvalue weighted by atomic mass is 10.2. The lowest BCUT2D eigenvalue weighted by Crippen LogP contribution is -2.30. The molecule has 148 valence electrons. The minimum Gasteiger partial charge on any atom is -0.378 e. The van der Waals surface area contributed by atoms with E-state index in [1.54, 1.807) is 4.68 Å². The van der Waals surface area contributed by atoms with Gasteiger partial charge in [-0.1, -0.05) is 29.3 Å². The Morgan fingerprint density at radius 3 is 2.26 bits per heavy atom. The molecule has 3 rings (SSSR count). The van der Waals surface area contributed by atoms with Crippen molar-refractivity contribution in [2.75, 3.05) is 45.2 Å². The molecule has 7 heteroatoms. The fraction of sp³-hybridized carbons (Fsp3) is 0.550. The minimum absolute atomic E-state index is 0.751. The summed E-state index contributed by atoms with van der Waals surface area (Å²) in [7, 11) is 5.96. The van der Waals surface area contributed by atoms with Gasteiger partial charge in [0, 0.05) is 63.6 Å². The average Bonchev–Trinajstić information content (AvgIpc) is 2.79. The van der Waals surface area contributed by atoms with Crippen LogP contribution >= 0.6 is 23.2 Å². The number of aryl methyl sites for hydroxylation is 2. The van der Waals surface area contributed by atoms with Crippen LogP contribution in [0.5, 0.6) is 0 Å². The third-order valence-corrected chi connectivity index (χ3v) is 6.10. The number of benzene rings is 1. The van der Waals surface area contributed by atoms with Crippen molar-refractivity contribution >= 4 is 28.9 Å². The second-order valence-electron chi connectivity index (χ2n) is 7.55. The lowest BCUT2D eigenvalue weighted by Gasteiger charge is -2.23. The van der Waals surface area contributed by atoms with Gasteiger partial charge in [-0.3, -0.25) is 14.5 Å². The molecule has 1 aliphatic rings. The van der Waals surface area contributed by atoms with Gasteiger partial charge in [0.1, 0.15) is 5.15 Å². The first-order valence-electron chi connectivity index (χ1n) is 9.43. The molecule has 5 nitrogen and oxygen atoms in total. The molecule has 0 bridgehead atoms. The molecule has 1 aromatic heterocycles. The Balaban J connectivity index is 1.60. The summed E-state index contributed by atoms with van der Waals surface area (Å²) in [5.41, 5.74) is 4.50. The number of nitrogens with zero attached hydrogens (tertiary/aromatic N) is 5. The van der Waals surface area contributed by atoms with E-state index in [0.717, 1.165) is 72.8 Å². The van der Waals surface area contributed by atoms with Crippen LogP contribution in [0.1, 0.15) is 23.2 Å².